The molecule has 0 unspecified atom stereocenters. The van der Waals surface area contributed by atoms with Crippen LogP contribution in [0.1, 0.15) is 44.3 Å². The van der Waals surface area contributed by atoms with Crippen LogP contribution < -0.4 is 5.32 Å². The number of likely N-dealkylation sites (N-methyl/N-ethyl adjacent to an activating group) is 1. The number of aliphatic hydroxyl groups excluding tert-OH is 1. The number of aliphatic hydroxyl groups is 1. The normalized spacial score (nSPS) is 21.0. The third-order valence-electron chi connectivity index (χ3n) is 4.34. The summed E-state index contributed by atoms with van der Waals surface area (Å²) in [5, 5.41) is 12.4. The Morgan fingerprint density at radius 1 is 1.33 bits per heavy atom. The number of nitrogens with zero attached hydrogens (tertiary/aromatic N) is 1. The second-order valence-corrected chi connectivity index (χ2v) is 6.11. The maximum absolute atomic E-state index is 11.8. The van der Waals surface area contributed by atoms with Crippen LogP contribution in [0.2, 0.25) is 0 Å². The summed E-state index contributed by atoms with van der Waals surface area (Å²) in [7, 11) is 1.67. The number of morpholine rings is 1. The summed E-state index contributed by atoms with van der Waals surface area (Å²) in [4.78, 5) is 25.0. The van der Waals surface area contributed by atoms with Crippen LogP contribution in [0.15, 0.2) is 24.3 Å². The average molecular weight is 334 g/mol. The van der Waals surface area contributed by atoms with Crippen LogP contribution in [0, 0.1) is 0 Å². The molecule has 1 aromatic rings. The van der Waals surface area contributed by atoms with Crippen molar-refractivity contribution >= 4 is 17.5 Å². The van der Waals surface area contributed by atoms with Gasteiger partial charge in [0.25, 0.3) is 0 Å². The van der Waals surface area contributed by atoms with Crippen molar-refractivity contribution in [1.82, 2.24) is 4.90 Å². The van der Waals surface area contributed by atoms with Crippen molar-refractivity contribution in [2.75, 3.05) is 25.6 Å². The smallest absolute Gasteiger partial charge is 0.248 e. The largest absolute Gasteiger partial charge is 0.394 e. The molecule has 0 spiro atoms. The molecule has 0 aliphatic carbocycles. The van der Waals surface area contributed by atoms with Gasteiger partial charge >= 0.3 is 0 Å². The van der Waals surface area contributed by atoms with E-state index in [-0.39, 0.29) is 31.1 Å². The van der Waals surface area contributed by atoms with E-state index in [1.807, 2.05) is 24.3 Å². The Balaban J connectivity index is 1.98. The highest BCUT2D eigenvalue weighted by molar-refractivity contribution is 5.90. The summed E-state index contributed by atoms with van der Waals surface area (Å²) in [6.45, 7) is 1.95. The molecule has 24 heavy (non-hydrogen) atoms. The van der Waals surface area contributed by atoms with E-state index in [9.17, 15) is 14.7 Å². The molecule has 1 heterocycles. The number of ether oxygens (including phenoxy) is 1. The van der Waals surface area contributed by atoms with Gasteiger partial charge in [-0.05, 0) is 24.1 Å². The summed E-state index contributed by atoms with van der Waals surface area (Å²) in [5.74, 6) is -0.120. The zero-order valence-electron chi connectivity index (χ0n) is 14.3. The number of carbonyl (C=O) groups is 2. The molecule has 1 aliphatic rings. The number of hydrogen-bond donors (Lipinski definition) is 2. The molecule has 2 rings (SSSR count). The second-order valence-electron chi connectivity index (χ2n) is 6.11. The number of hydrogen-bond acceptors (Lipinski definition) is 4. The highest BCUT2D eigenvalue weighted by Crippen LogP contribution is 2.29. The summed E-state index contributed by atoms with van der Waals surface area (Å²) in [6.07, 6.45) is 3.20. The van der Waals surface area contributed by atoms with Crippen molar-refractivity contribution in [1.29, 1.82) is 0 Å². The molecule has 1 aliphatic heterocycles. The fraction of sp³-hybridized carbons (Fsp3) is 0.556. The summed E-state index contributed by atoms with van der Waals surface area (Å²) in [6, 6.07) is 6.96. The predicted molar refractivity (Wildman–Crippen MR) is 91.6 cm³/mol. The van der Waals surface area contributed by atoms with Gasteiger partial charge in [-0.2, -0.15) is 0 Å². The van der Waals surface area contributed by atoms with Crippen LogP contribution in [0.5, 0.6) is 0 Å². The van der Waals surface area contributed by atoms with Gasteiger partial charge in [0.1, 0.15) is 12.7 Å². The first-order valence-electron chi connectivity index (χ1n) is 8.44. The second kappa shape index (κ2) is 8.80. The fourth-order valence-corrected chi connectivity index (χ4v) is 2.81. The summed E-state index contributed by atoms with van der Waals surface area (Å²) in [5.41, 5.74) is 1.61. The molecular weight excluding hydrogens is 308 g/mol. The van der Waals surface area contributed by atoms with Crippen molar-refractivity contribution in [3.8, 4) is 0 Å². The Labute approximate surface area is 142 Å². The highest BCUT2D eigenvalue weighted by atomic mass is 16.5. The van der Waals surface area contributed by atoms with Crippen molar-refractivity contribution < 1.29 is 19.4 Å². The molecule has 1 fully saturated rings. The molecule has 2 amide bonds. The minimum absolute atomic E-state index is 0.00752. The first kappa shape index (κ1) is 18.4. The van der Waals surface area contributed by atoms with Crippen molar-refractivity contribution in [2.45, 2.75) is 44.8 Å². The predicted octanol–water partition coefficient (Wildman–Crippen LogP) is 2.10. The molecule has 6 heteroatoms. The van der Waals surface area contributed by atoms with E-state index in [2.05, 4.69) is 12.2 Å². The van der Waals surface area contributed by atoms with Gasteiger partial charge in [0.15, 0.2) is 0 Å². The van der Waals surface area contributed by atoms with Crippen molar-refractivity contribution in [3.05, 3.63) is 29.8 Å². The molecule has 0 bridgehead atoms. The maximum atomic E-state index is 11.8. The zero-order valence-corrected chi connectivity index (χ0v) is 14.3. The number of carbonyl (C=O) groups excluding carboxylic acids is 2. The maximum Gasteiger partial charge on any atom is 0.248 e. The highest BCUT2D eigenvalue weighted by Gasteiger charge is 2.34. The van der Waals surface area contributed by atoms with Crippen LogP contribution >= 0.6 is 0 Å². The van der Waals surface area contributed by atoms with Crippen molar-refractivity contribution in [3.63, 3.8) is 0 Å². The Morgan fingerprint density at radius 2 is 2.04 bits per heavy atom. The lowest BCUT2D eigenvalue weighted by atomic mass is 9.99. The topological polar surface area (TPSA) is 78.9 Å². The SMILES string of the molecule is CCCCCC(=O)Nc1ccc([C@H]2OCC(=O)N(C)[C@@H]2CO)cc1. The molecule has 0 saturated carbocycles. The lowest BCUT2D eigenvalue weighted by molar-refractivity contribution is -0.157. The van der Waals surface area contributed by atoms with E-state index in [0.717, 1.165) is 30.5 Å². The van der Waals surface area contributed by atoms with Gasteiger partial charge in [0.2, 0.25) is 11.8 Å². The van der Waals surface area contributed by atoms with E-state index in [0.29, 0.717) is 6.42 Å². The molecule has 2 N–H and O–H groups in total. The van der Waals surface area contributed by atoms with E-state index in [4.69, 9.17) is 4.74 Å². The summed E-state index contributed by atoms with van der Waals surface area (Å²) >= 11 is 0. The summed E-state index contributed by atoms with van der Waals surface area (Å²) < 4.78 is 5.60. The third kappa shape index (κ3) is 4.55. The van der Waals surface area contributed by atoms with Gasteiger partial charge in [-0.1, -0.05) is 31.9 Å². The van der Waals surface area contributed by atoms with Gasteiger partial charge < -0.3 is 20.1 Å². The van der Waals surface area contributed by atoms with Gasteiger partial charge in [-0.15, -0.1) is 0 Å². The van der Waals surface area contributed by atoms with Gasteiger partial charge in [-0.3, -0.25) is 9.59 Å². The molecule has 132 valence electrons. The fourth-order valence-electron chi connectivity index (χ4n) is 2.81. The van der Waals surface area contributed by atoms with E-state index in [1.165, 1.54) is 4.90 Å². The molecule has 2 atom stereocenters. The lowest BCUT2D eigenvalue weighted by Gasteiger charge is -2.38. The quantitative estimate of drug-likeness (QED) is 0.749. The van der Waals surface area contributed by atoms with E-state index in [1.54, 1.807) is 7.05 Å². The molecule has 0 radical (unpaired) electrons. The molecule has 6 nitrogen and oxygen atoms in total. The zero-order chi connectivity index (χ0) is 17.5. The van der Waals surface area contributed by atoms with Crippen LogP contribution in [-0.4, -0.2) is 48.1 Å². The Bertz CT molecular complexity index is 559. The van der Waals surface area contributed by atoms with Gasteiger partial charge in [-0.25, -0.2) is 0 Å². The first-order valence-corrected chi connectivity index (χ1v) is 8.44. The standard InChI is InChI=1S/C18H26N2O4/c1-3-4-5-6-16(22)19-14-9-7-13(8-10-14)18-15(11-21)20(2)17(23)12-24-18/h7-10,15,18,21H,3-6,11-12H2,1-2H3,(H,19,22)/t15-,18-/m1/s1. The molecule has 1 aromatic carbocycles. The van der Waals surface area contributed by atoms with Gasteiger partial charge in [0, 0.05) is 19.2 Å². The Hall–Kier alpha value is -1.92. The first-order chi connectivity index (χ1) is 11.6. The van der Waals surface area contributed by atoms with Crippen LogP contribution in [-0.2, 0) is 14.3 Å². The van der Waals surface area contributed by atoms with E-state index >= 15 is 0 Å². The van der Waals surface area contributed by atoms with Crippen LogP contribution in [0.3, 0.4) is 0 Å². The van der Waals surface area contributed by atoms with Gasteiger partial charge in [0.05, 0.1) is 12.6 Å². The number of amides is 2. The molecule has 1 saturated heterocycles. The van der Waals surface area contributed by atoms with Crippen molar-refractivity contribution in [2.24, 2.45) is 0 Å². The van der Waals surface area contributed by atoms with E-state index < -0.39 is 6.04 Å². The minimum atomic E-state index is -0.402. The number of unbranched alkanes of at least 4 members (excludes halogenated alkanes) is 2. The third-order valence-corrected chi connectivity index (χ3v) is 4.34. The Morgan fingerprint density at radius 3 is 2.67 bits per heavy atom. The lowest BCUT2D eigenvalue weighted by Crippen LogP contribution is -2.50. The number of rotatable bonds is 7. The molecule has 0 aromatic heterocycles. The minimum Gasteiger partial charge on any atom is -0.394 e. The Kier molecular flexibility index (Phi) is 6.75. The monoisotopic (exact) mass is 334 g/mol. The number of anilines is 1. The number of benzene rings is 1. The molecular formula is C18H26N2O4. The average Bonchev–Trinajstić information content (AvgIpc) is 2.58. The van der Waals surface area contributed by atoms with Crippen LogP contribution in [0.4, 0.5) is 5.69 Å². The van der Waals surface area contributed by atoms with Crippen LogP contribution in [0.25, 0.3) is 0 Å². The number of nitrogens with one attached hydrogen (secondary N) is 1.